The Morgan fingerprint density at radius 3 is 2.46 bits per heavy atom. The van der Waals surface area contributed by atoms with Crippen LogP contribution in [0.5, 0.6) is 23.0 Å². The number of aliphatic hydroxyl groups is 1. The van der Waals surface area contributed by atoms with E-state index in [-0.39, 0.29) is 18.9 Å². The quantitative estimate of drug-likeness (QED) is 0.792. The Morgan fingerprint density at radius 2 is 1.71 bits per heavy atom. The Hall–Kier alpha value is -3.68. The summed E-state index contributed by atoms with van der Waals surface area (Å²) in [7, 11) is 2.95. The van der Waals surface area contributed by atoms with Crippen LogP contribution in [0.25, 0.3) is 5.57 Å². The number of fused-ring (bicyclic) bond motifs is 1. The lowest BCUT2D eigenvalue weighted by Crippen LogP contribution is -2.31. The molecular weight excluding hydrogens is 366 g/mol. The third-order valence-corrected chi connectivity index (χ3v) is 4.59. The Kier molecular flexibility index (Phi) is 4.31. The highest BCUT2D eigenvalue weighted by Crippen LogP contribution is 2.36. The zero-order chi connectivity index (χ0) is 19.8. The van der Waals surface area contributed by atoms with E-state index < -0.39 is 17.6 Å². The number of methoxy groups -OCH3 is 2. The summed E-state index contributed by atoms with van der Waals surface area (Å²) in [5.41, 5.74) is 0.959. The first-order valence-corrected chi connectivity index (χ1v) is 8.44. The molecule has 0 fully saturated rings. The fourth-order valence-electron chi connectivity index (χ4n) is 3.18. The number of imide groups is 1. The van der Waals surface area contributed by atoms with E-state index in [1.54, 1.807) is 36.4 Å². The van der Waals surface area contributed by atoms with Gasteiger partial charge in [-0.05, 0) is 35.4 Å². The molecule has 1 N–H and O–H groups in total. The highest BCUT2D eigenvalue weighted by atomic mass is 16.7. The molecule has 2 aromatic rings. The number of carbonyl (C=O) groups is 2. The molecule has 8 heteroatoms. The van der Waals surface area contributed by atoms with Crippen molar-refractivity contribution >= 4 is 17.4 Å². The van der Waals surface area contributed by atoms with Gasteiger partial charge in [0.15, 0.2) is 28.8 Å². The lowest BCUT2D eigenvalue weighted by Gasteiger charge is -2.15. The van der Waals surface area contributed by atoms with E-state index in [0.29, 0.717) is 34.1 Å². The summed E-state index contributed by atoms with van der Waals surface area (Å²) in [6.45, 7) is 0.126. The van der Waals surface area contributed by atoms with E-state index in [2.05, 4.69) is 0 Å². The first kappa shape index (κ1) is 17.7. The van der Waals surface area contributed by atoms with E-state index in [9.17, 15) is 14.7 Å². The molecular formula is C20H17NO7. The minimum Gasteiger partial charge on any atom is -0.502 e. The van der Waals surface area contributed by atoms with E-state index >= 15 is 0 Å². The Bertz CT molecular complexity index is 1010. The van der Waals surface area contributed by atoms with Crippen molar-refractivity contribution in [1.82, 2.24) is 4.90 Å². The van der Waals surface area contributed by atoms with Crippen molar-refractivity contribution < 1.29 is 33.6 Å². The molecule has 2 aliphatic rings. The molecule has 0 spiro atoms. The second-order valence-electron chi connectivity index (χ2n) is 6.18. The summed E-state index contributed by atoms with van der Waals surface area (Å²) in [6, 6.07) is 9.88. The highest BCUT2D eigenvalue weighted by Gasteiger charge is 2.39. The molecule has 2 aliphatic heterocycles. The fourth-order valence-corrected chi connectivity index (χ4v) is 3.18. The van der Waals surface area contributed by atoms with Crippen LogP contribution in [0.1, 0.15) is 11.1 Å². The molecule has 0 radical (unpaired) electrons. The summed E-state index contributed by atoms with van der Waals surface area (Å²) in [5.74, 6) is 0.0663. The molecule has 0 aliphatic carbocycles. The van der Waals surface area contributed by atoms with Gasteiger partial charge in [-0.1, -0.05) is 12.1 Å². The molecule has 0 unspecified atom stereocenters. The van der Waals surface area contributed by atoms with Gasteiger partial charge in [-0.2, -0.15) is 0 Å². The molecule has 0 saturated carbocycles. The minimum atomic E-state index is -0.757. The Labute approximate surface area is 160 Å². The second kappa shape index (κ2) is 6.80. The van der Waals surface area contributed by atoms with Crippen LogP contribution in [-0.2, 0) is 16.1 Å². The van der Waals surface area contributed by atoms with E-state index in [1.807, 2.05) is 0 Å². The molecule has 2 heterocycles. The van der Waals surface area contributed by atoms with Crippen molar-refractivity contribution in [2.75, 3.05) is 21.0 Å². The van der Waals surface area contributed by atoms with Gasteiger partial charge >= 0.3 is 0 Å². The molecule has 8 nitrogen and oxygen atoms in total. The van der Waals surface area contributed by atoms with Gasteiger partial charge in [-0.15, -0.1) is 0 Å². The Balaban J connectivity index is 1.63. The zero-order valence-electron chi connectivity index (χ0n) is 15.2. The van der Waals surface area contributed by atoms with E-state index in [0.717, 1.165) is 4.90 Å². The SMILES string of the molecule is COc1ccc(C2=C(O)C(=O)N(Cc3ccc4c(c3)OCO4)C2=O)cc1OC. The van der Waals surface area contributed by atoms with Crippen LogP contribution in [0.3, 0.4) is 0 Å². The van der Waals surface area contributed by atoms with Crippen molar-refractivity contribution in [2.45, 2.75) is 6.54 Å². The van der Waals surface area contributed by atoms with Crippen molar-refractivity contribution in [2.24, 2.45) is 0 Å². The number of amides is 2. The number of ether oxygens (including phenoxy) is 4. The maximum Gasteiger partial charge on any atom is 0.296 e. The van der Waals surface area contributed by atoms with Crippen LogP contribution in [0.15, 0.2) is 42.2 Å². The summed E-state index contributed by atoms with van der Waals surface area (Å²) < 4.78 is 21.0. The third kappa shape index (κ3) is 2.79. The maximum absolute atomic E-state index is 12.9. The smallest absolute Gasteiger partial charge is 0.296 e. The molecule has 4 rings (SSSR count). The van der Waals surface area contributed by atoms with Crippen LogP contribution in [0.2, 0.25) is 0 Å². The van der Waals surface area contributed by atoms with Crippen molar-refractivity contribution in [3.8, 4) is 23.0 Å². The number of aliphatic hydroxyl groups excluding tert-OH is 1. The largest absolute Gasteiger partial charge is 0.502 e. The number of hydrogen-bond acceptors (Lipinski definition) is 7. The highest BCUT2D eigenvalue weighted by molar-refractivity contribution is 6.34. The molecule has 0 bridgehead atoms. The van der Waals surface area contributed by atoms with Gasteiger partial charge in [-0.3, -0.25) is 14.5 Å². The summed E-state index contributed by atoms with van der Waals surface area (Å²) >= 11 is 0. The molecule has 2 amide bonds. The van der Waals surface area contributed by atoms with Crippen LogP contribution < -0.4 is 18.9 Å². The third-order valence-electron chi connectivity index (χ3n) is 4.59. The van der Waals surface area contributed by atoms with Gasteiger partial charge in [0.25, 0.3) is 11.8 Å². The molecule has 0 atom stereocenters. The van der Waals surface area contributed by atoms with E-state index in [4.69, 9.17) is 18.9 Å². The number of carbonyl (C=O) groups excluding carboxylic acids is 2. The van der Waals surface area contributed by atoms with Crippen LogP contribution >= 0.6 is 0 Å². The van der Waals surface area contributed by atoms with Crippen LogP contribution in [0.4, 0.5) is 0 Å². The van der Waals surface area contributed by atoms with Crippen molar-refractivity contribution in [1.29, 1.82) is 0 Å². The summed E-state index contributed by atoms with van der Waals surface area (Å²) in [5, 5.41) is 10.3. The standard InChI is InChI=1S/C20H17NO7/c1-25-13-6-4-12(8-15(13)26-2)17-18(22)20(24)21(19(17)23)9-11-3-5-14-16(7-11)28-10-27-14/h3-8,22H,9-10H2,1-2H3. The first-order chi connectivity index (χ1) is 13.5. The van der Waals surface area contributed by atoms with Crippen molar-refractivity contribution in [3.05, 3.63) is 53.3 Å². The maximum atomic E-state index is 12.9. The van der Waals surface area contributed by atoms with Gasteiger partial charge in [0.05, 0.1) is 26.3 Å². The van der Waals surface area contributed by atoms with Gasteiger partial charge in [0.1, 0.15) is 0 Å². The number of hydrogen-bond donors (Lipinski definition) is 1. The topological polar surface area (TPSA) is 94.5 Å². The first-order valence-electron chi connectivity index (χ1n) is 8.44. The normalized spacial score (nSPS) is 15.4. The number of rotatable bonds is 5. The van der Waals surface area contributed by atoms with Gasteiger partial charge < -0.3 is 24.1 Å². The lowest BCUT2D eigenvalue weighted by atomic mass is 10.0. The van der Waals surface area contributed by atoms with Gasteiger partial charge in [0, 0.05) is 0 Å². The van der Waals surface area contributed by atoms with Crippen molar-refractivity contribution in [3.63, 3.8) is 0 Å². The lowest BCUT2D eigenvalue weighted by molar-refractivity contribution is -0.138. The predicted molar refractivity (Wildman–Crippen MR) is 97.2 cm³/mol. The predicted octanol–water partition coefficient (Wildman–Crippen LogP) is 2.27. The molecule has 28 heavy (non-hydrogen) atoms. The number of nitrogens with zero attached hydrogens (tertiary/aromatic N) is 1. The summed E-state index contributed by atoms with van der Waals surface area (Å²) in [6.07, 6.45) is 0. The monoisotopic (exact) mass is 383 g/mol. The van der Waals surface area contributed by atoms with Gasteiger partial charge in [0.2, 0.25) is 6.79 Å². The van der Waals surface area contributed by atoms with Gasteiger partial charge in [-0.25, -0.2) is 0 Å². The second-order valence-corrected chi connectivity index (χ2v) is 6.18. The molecule has 144 valence electrons. The Morgan fingerprint density at radius 1 is 0.964 bits per heavy atom. The molecule has 0 saturated heterocycles. The van der Waals surface area contributed by atoms with E-state index in [1.165, 1.54) is 14.2 Å². The average molecular weight is 383 g/mol. The molecule has 0 aromatic heterocycles. The number of benzene rings is 2. The minimum absolute atomic E-state index is 0.00481. The average Bonchev–Trinajstić information content (AvgIpc) is 3.26. The van der Waals surface area contributed by atoms with Crippen LogP contribution in [0, 0.1) is 0 Å². The summed E-state index contributed by atoms with van der Waals surface area (Å²) in [4.78, 5) is 26.4. The van der Waals surface area contributed by atoms with Crippen LogP contribution in [-0.4, -0.2) is 42.8 Å². The molecule has 2 aromatic carbocycles. The zero-order valence-corrected chi connectivity index (χ0v) is 15.2. The fraction of sp³-hybridized carbons (Fsp3) is 0.200.